The quantitative estimate of drug-likeness (QED) is 0.874. The highest BCUT2D eigenvalue weighted by molar-refractivity contribution is 5.55. The Morgan fingerprint density at radius 1 is 1.32 bits per heavy atom. The highest BCUT2D eigenvalue weighted by Crippen LogP contribution is 2.29. The Bertz CT molecular complexity index is 759. The second kappa shape index (κ2) is 6.84. The Labute approximate surface area is 147 Å². The maximum atomic E-state index is 5.27. The fourth-order valence-electron chi connectivity index (χ4n) is 3.59. The summed E-state index contributed by atoms with van der Waals surface area (Å²) >= 11 is 0. The lowest BCUT2D eigenvalue weighted by Crippen LogP contribution is -2.33. The molecule has 132 valence electrons. The molecule has 1 atom stereocenters. The molecule has 0 spiro atoms. The van der Waals surface area contributed by atoms with E-state index in [1.165, 1.54) is 5.56 Å². The molecule has 4 rings (SSSR count). The van der Waals surface area contributed by atoms with Gasteiger partial charge in [0.05, 0.1) is 24.7 Å². The molecule has 1 saturated heterocycles. The number of aryl methyl sites for hydroxylation is 1. The van der Waals surface area contributed by atoms with Gasteiger partial charge in [-0.05, 0) is 26.0 Å². The van der Waals surface area contributed by atoms with Crippen molar-refractivity contribution in [3.8, 4) is 5.88 Å². The Morgan fingerprint density at radius 2 is 2.24 bits per heavy atom. The van der Waals surface area contributed by atoms with Crippen LogP contribution in [0, 0.1) is 6.92 Å². The zero-order valence-corrected chi connectivity index (χ0v) is 14.7. The predicted octanol–water partition coefficient (Wildman–Crippen LogP) is 1.53. The largest absolute Gasteiger partial charge is 0.481 e. The first-order chi connectivity index (χ1) is 12.2. The van der Waals surface area contributed by atoms with Gasteiger partial charge in [0.2, 0.25) is 5.88 Å². The summed E-state index contributed by atoms with van der Waals surface area (Å²) in [6.07, 6.45) is 5.61. The molecule has 0 bridgehead atoms. The smallest absolute Gasteiger partial charge is 0.216 e. The minimum Gasteiger partial charge on any atom is -0.481 e. The third-order valence-electron chi connectivity index (χ3n) is 4.98. The van der Waals surface area contributed by atoms with Gasteiger partial charge in [-0.1, -0.05) is 0 Å². The van der Waals surface area contributed by atoms with Crippen LogP contribution in [0.25, 0.3) is 0 Å². The zero-order valence-electron chi connectivity index (χ0n) is 14.7. The van der Waals surface area contributed by atoms with Crippen molar-refractivity contribution in [1.82, 2.24) is 20.3 Å². The van der Waals surface area contributed by atoms with E-state index in [1.807, 2.05) is 13.1 Å². The maximum Gasteiger partial charge on any atom is 0.216 e. The summed E-state index contributed by atoms with van der Waals surface area (Å²) in [4.78, 5) is 15.8. The molecule has 0 radical (unpaired) electrons. The summed E-state index contributed by atoms with van der Waals surface area (Å²) in [6, 6.07) is 2.58. The van der Waals surface area contributed by atoms with Crippen LogP contribution in [-0.2, 0) is 13.0 Å². The molecule has 4 heterocycles. The van der Waals surface area contributed by atoms with Crippen LogP contribution in [0.5, 0.6) is 5.88 Å². The van der Waals surface area contributed by atoms with E-state index in [-0.39, 0.29) is 0 Å². The lowest BCUT2D eigenvalue weighted by Gasteiger charge is -2.31. The molecule has 1 fully saturated rings. The van der Waals surface area contributed by atoms with Crippen molar-refractivity contribution in [1.29, 1.82) is 0 Å². The number of fused-ring (bicyclic) bond motifs is 1. The van der Waals surface area contributed by atoms with Gasteiger partial charge in [0.25, 0.3) is 0 Å². The van der Waals surface area contributed by atoms with Crippen molar-refractivity contribution in [2.24, 2.45) is 0 Å². The molecular weight excluding hydrogens is 316 g/mol. The maximum absolute atomic E-state index is 5.27. The van der Waals surface area contributed by atoms with Crippen LogP contribution in [-0.4, -0.2) is 47.7 Å². The lowest BCUT2D eigenvalue weighted by atomic mass is 10.0. The van der Waals surface area contributed by atoms with Crippen LogP contribution in [0.4, 0.5) is 11.5 Å². The first-order valence-corrected chi connectivity index (χ1v) is 8.80. The Balaban J connectivity index is 1.58. The average Bonchev–Trinajstić information content (AvgIpc) is 3.15. The van der Waals surface area contributed by atoms with Gasteiger partial charge in [-0.25, -0.2) is 15.0 Å². The molecule has 7 nitrogen and oxygen atoms in total. The molecule has 2 aliphatic heterocycles. The number of rotatable bonds is 4. The van der Waals surface area contributed by atoms with E-state index in [0.29, 0.717) is 11.9 Å². The van der Waals surface area contributed by atoms with E-state index in [9.17, 15) is 0 Å². The monoisotopic (exact) mass is 340 g/mol. The van der Waals surface area contributed by atoms with Crippen LogP contribution < -0.4 is 20.3 Å². The minimum atomic E-state index is 0.444. The lowest BCUT2D eigenvalue weighted by molar-refractivity contribution is 0.394. The van der Waals surface area contributed by atoms with Gasteiger partial charge < -0.3 is 20.3 Å². The predicted molar refractivity (Wildman–Crippen MR) is 97.2 cm³/mol. The van der Waals surface area contributed by atoms with Crippen molar-refractivity contribution in [3.05, 3.63) is 35.4 Å². The van der Waals surface area contributed by atoms with Gasteiger partial charge in [0, 0.05) is 43.2 Å². The molecule has 0 unspecified atom stereocenters. The molecule has 2 N–H and O–H groups in total. The van der Waals surface area contributed by atoms with E-state index in [4.69, 9.17) is 4.74 Å². The Kier molecular flexibility index (Phi) is 4.40. The minimum absolute atomic E-state index is 0.444. The molecule has 25 heavy (non-hydrogen) atoms. The highest BCUT2D eigenvalue weighted by Gasteiger charge is 2.24. The van der Waals surface area contributed by atoms with Crippen molar-refractivity contribution in [3.63, 3.8) is 0 Å². The molecule has 2 aromatic heterocycles. The van der Waals surface area contributed by atoms with E-state index in [1.54, 1.807) is 13.4 Å². The summed E-state index contributed by atoms with van der Waals surface area (Å²) < 4.78 is 5.27. The summed E-state index contributed by atoms with van der Waals surface area (Å²) in [6.45, 7) is 5.81. The summed E-state index contributed by atoms with van der Waals surface area (Å²) in [7, 11) is 1.65. The highest BCUT2D eigenvalue weighted by atomic mass is 16.5. The molecule has 2 aliphatic rings. The molecule has 0 aliphatic carbocycles. The van der Waals surface area contributed by atoms with Gasteiger partial charge in [-0.15, -0.1) is 0 Å². The summed E-state index contributed by atoms with van der Waals surface area (Å²) in [5.41, 5.74) is 4.51. The molecule has 0 saturated carbocycles. The van der Waals surface area contributed by atoms with Crippen LogP contribution in [0.2, 0.25) is 0 Å². The van der Waals surface area contributed by atoms with Gasteiger partial charge in [-0.2, -0.15) is 0 Å². The van der Waals surface area contributed by atoms with Crippen LogP contribution >= 0.6 is 0 Å². The standard InChI is InChI=1S/C18H24N6O/c1-12-7-14(9-20-18(12)25-2)24-6-4-16-15(10-24)17(22-11-21-16)23-13-3-5-19-8-13/h7,9,11,13,19H,3-6,8,10H2,1-2H3,(H,21,22,23)/t13-/m0/s1. The van der Waals surface area contributed by atoms with Gasteiger partial charge in [0.15, 0.2) is 0 Å². The van der Waals surface area contributed by atoms with Crippen molar-refractivity contribution in [2.45, 2.75) is 32.4 Å². The van der Waals surface area contributed by atoms with E-state index >= 15 is 0 Å². The fourth-order valence-corrected chi connectivity index (χ4v) is 3.59. The average molecular weight is 340 g/mol. The zero-order chi connectivity index (χ0) is 17.2. The number of pyridine rings is 1. The second-order valence-corrected chi connectivity index (χ2v) is 6.67. The number of aromatic nitrogens is 3. The molecule has 0 amide bonds. The van der Waals surface area contributed by atoms with Crippen molar-refractivity contribution < 1.29 is 4.74 Å². The number of hydrogen-bond acceptors (Lipinski definition) is 7. The first-order valence-electron chi connectivity index (χ1n) is 8.80. The van der Waals surface area contributed by atoms with Crippen LogP contribution in [0.3, 0.4) is 0 Å². The number of hydrogen-bond donors (Lipinski definition) is 2. The Hall–Kier alpha value is -2.41. The van der Waals surface area contributed by atoms with Gasteiger partial charge >= 0.3 is 0 Å². The molecule has 2 aromatic rings. The number of ether oxygens (including phenoxy) is 1. The van der Waals surface area contributed by atoms with E-state index < -0.39 is 0 Å². The third-order valence-corrected chi connectivity index (χ3v) is 4.98. The van der Waals surface area contributed by atoms with Crippen LogP contribution in [0.1, 0.15) is 23.2 Å². The topological polar surface area (TPSA) is 75.2 Å². The number of methoxy groups -OCH3 is 1. The van der Waals surface area contributed by atoms with Crippen molar-refractivity contribution >= 4 is 11.5 Å². The number of anilines is 2. The van der Waals surface area contributed by atoms with E-state index in [0.717, 1.165) is 61.8 Å². The summed E-state index contributed by atoms with van der Waals surface area (Å²) in [5, 5.41) is 6.98. The molecule has 0 aromatic carbocycles. The first kappa shape index (κ1) is 16.1. The van der Waals surface area contributed by atoms with Crippen LogP contribution in [0.15, 0.2) is 18.6 Å². The van der Waals surface area contributed by atoms with Gasteiger partial charge in [0.1, 0.15) is 12.1 Å². The fraction of sp³-hybridized carbons (Fsp3) is 0.500. The molecule has 7 heteroatoms. The number of nitrogens with zero attached hydrogens (tertiary/aromatic N) is 4. The molecular formula is C18H24N6O. The number of nitrogens with one attached hydrogen (secondary N) is 2. The van der Waals surface area contributed by atoms with E-state index in [2.05, 4.69) is 36.6 Å². The Morgan fingerprint density at radius 3 is 3.00 bits per heavy atom. The SMILES string of the molecule is COc1ncc(N2CCc3ncnc(N[C@H]4CCNC4)c3C2)cc1C. The van der Waals surface area contributed by atoms with Gasteiger partial charge in [-0.3, -0.25) is 0 Å². The van der Waals surface area contributed by atoms with Crippen molar-refractivity contribution in [2.75, 3.05) is 37.0 Å². The third kappa shape index (κ3) is 3.24. The second-order valence-electron chi connectivity index (χ2n) is 6.67. The summed E-state index contributed by atoms with van der Waals surface area (Å²) in [5.74, 6) is 1.65. The normalized spacial score (nSPS) is 19.6.